The molecule has 6 rings (SSSR count). The van der Waals surface area contributed by atoms with Gasteiger partial charge in [0.05, 0.1) is 22.3 Å². The van der Waals surface area contributed by atoms with Crippen molar-refractivity contribution in [2.45, 2.75) is 63.7 Å². The highest BCUT2D eigenvalue weighted by atomic mass is 35.5. The van der Waals surface area contributed by atoms with Crippen LogP contribution < -0.4 is 0 Å². The SMILES string of the molecule is Cc1nc2c(cc1Cl)C(c1nnn[nH]1)OC21CCN(C(=O)[C@@H]2CN(C(C)(C)C)C[C@H]2c2ccc(F)cc2F)CC1. The van der Waals surface area contributed by atoms with Gasteiger partial charge in [0.1, 0.15) is 23.3 Å². The van der Waals surface area contributed by atoms with Gasteiger partial charge in [0, 0.05) is 49.3 Å². The van der Waals surface area contributed by atoms with Gasteiger partial charge in [-0.05, 0) is 68.7 Å². The normalized spacial score (nSPS) is 24.6. The Kier molecular flexibility index (Phi) is 6.66. The molecule has 2 fully saturated rings. The molecular formula is C28H32ClF2N7O2. The first-order valence-corrected chi connectivity index (χ1v) is 13.9. The third-order valence-corrected chi connectivity index (χ3v) is 9.06. The number of hydrogen-bond donors (Lipinski definition) is 1. The molecule has 0 radical (unpaired) electrons. The van der Waals surface area contributed by atoms with Crippen molar-refractivity contribution in [3.05, 3.63) is 69.3 Å². The number of aromatic amines is 1. The van der Waals surface area contributed by atoms with Crippen molar-refractivity contribution in [2.75, 3.05) is 26.2 Å². The first-order valence-electron chi connectivity index (χ1n) is 13.5. The number of H-pyrrole nitrogens is 1. The quantitative estimate of drug-likeness (QED) is 0.501. The first kappa shape index (κ1) is 27.2. The summed E-state index contributed by atoms with van der Waals surface area (Å²) in [4.78, 5) is 22.9. The molecule has 12 heteroatoms. The van der Waals surface area contributed by atoms with Crippen LogP contribution in [0, 0.1) is 24.5 Å². The zero-order chi connectivity index (χ0) is 28.4. The van der Waals surface area contributed by atoms with Crippen molar-refractivity contribution in [3.63, 3.8) is 0 Å². The van der Waals surface area contributed by atoms with Crippen LogP contribution >= 0.6 is 11.6 Å². The lowest BCUT2D eigenvalue weighted by Crippen LogP contribution is -2.48. The molecule has 1 amide bonds. The predicted octanol–water partition coefficient (Wildman–Crippen LogP) is 4.29. The Morgan fingerprint density at radius 3 is 2.55 bits per heavy atom. The molecule has 2 saturated heterocycles. The van der Waals surface area contributed by atoms with Crippen molar-refractivity contribution >= 4 is 17.5 Å². The number of aromatic nitrogens is 5. The second-order valence-corrected chi connectivity index (χ2v) is 12.5. The molecule has 0 saturated carbocycles. The summed E-state index contributed by atoms with van der Waals surface area (Å²) in [6.45, 7) is 10.0. The summed E-state index contributed by atoms with van der Waals surface area (Å²) in [5, 5.41) is 14.8. The fraction of sp³-hybridized carbons (Fsp3) is 0.536. The lowest BCUT2D eigenvalue weighted by molar-refractivity contribution is -0.145. The molecule has 1 spiro atoms. The second kappa shape index (κ2) is 9.81. The number of hydrogen-bond acceptors (Lipinski definition) is 7. The van der Waals surface area contributed by atoms with Gasteiger partial charge in [-0.15, -0.1) is 5.10 Å². The molecule has 40 heavy (non-hydrogen) atoms. The van der Waals surface area contributed by atoms with Crippen LogP contribution in [-0.2, 0) is 15.1 Å². The zero-order valence-corrected chi connectivity index (χ0v) is 23.7. The van der Waals surface area contributed by atoms with Crippen molar-refractivity contribution in [2.24, 2.45) is 5.92 Å². The number of halogens is 3. The Morgan fingerprint density at radius 1 is 1.15 bits per heavy atom. The minimum Gasteiger partial charge on any atom is -0.352 e. The molecule has 5 heterocycles. The number of tetrazole rings is 1. The van der Waals surface area contributed by atoms with Crippen LogP contribution in [0.1, 0.15) is 74.0 Å². The summed E-state index contributed by atoms with van der Waals surface area (Å²) in [6.07, 6.45) is 0.519. The number of fused-ring (bicyclic) bond motifs is 2. The van der Waals surface area contributed by atoms with E-state index in [1.807, 2.05) is 17.9 Å². The van der Waals surface area contributed by atoms with Crippen LogP contribution in [-0.4, -0.2) is 73.0 Å². The number of piperidine rings is 1. The number of benzene rings is 1. The monoisotopic (exact) mass is 571 g/mol. The minimum absolute atomic E-state index is 0.0234. The van der Waals surface area contributed by atoms with Crippen molar-refractivity contribution in [1.82, 2.24) is 35.4 Å². The summed E-state index contributed by atoms with van der Waals surface area (Å²) in [5.74, 6) is -1.61. The van der Waals surface area contributed by atoms with E-state index in [9.17, 15) is 13.6 Å². The Morgan fingerprint density at radius 2 is 1.90 bits per heavy atom. The highest BCUT2D eigenvalue weighted by Gasteiger charge is 2.52. The predicted molar refractivity (Wildman–Crippen MR) is 142 cm³/mol. The number of carbonyl (C=O) groups is 1. The molecule has 212 valence electrons. The largest absolute Gasteiger partial charge is 0.352 e. The molecule has 2 aromatic heterocycles. The molecule has 1 N–H and O–H groups in total. The average molecular weight is 572 g/mol. The maximum absolute atomic E-state index is 14.9. The van der Waals surface area contributed by atoms with E-state index >= 15 is 0 Å². The van der Waals surface area contributed by atoms with Crippen molar-refractivity contribution in [1.29, 1.82) is 0 Å². The van der Waals surface area contributed by atoms with E-state index in [4.69, 9.17) is 21.3 Å². The Bertz CT molecular complexity index is 1440. The van der Waals surface area contributed by atoms with Crippen LogP contribution in [0.2, 0.25) is 5.02 Å². The number of carbonyl (C=O) groups excluding carboxylic acids is 1. The molecule has 1 aromatic carbocycles. The molecule has 0 aliphatic carbocycles. The molecule has 3 aromatic rings. The van der Waals surface area contributed by atoms with Gasteiger partial charge in [-0.1, -0.05) is 17.7 Å². The lowest BCUT2D eigenvalue weighted by Gasteiger charge is -2.40. The zero-order valence-electron chi connectivity index (χ0n) is 22.9. The van der Waals surface area contributed by atoms with Crippen molar-refractivity contribution < 1.29 is 18.3 Å². The second-order valence-electron chi connectivity index (χ2n) is 12.1. The average Bonchev–Trinajstić information content (AvgIpc) is 3.64. The van der Waals surface area contributed by atoms with E-state index in [-0.39, 0.29) is 17.4 Å². The number of amides is 1. The van der Waals surface area contributed by atoms with E-state index in [2.05, 4.69) is 46.3 Å². The van der Waals surface area contributed by atoms with E-state index < -0.39 is 29.3 Å². The van der Waals surface area contributed by atoms with Crippen LogP contribution in [0.5, 0.6) is 0 Å². The number of nitrogens with zero attached hydrogens (tertiary/aromatic N) is 6. The summed E-state index contributed by atoms with van der Waals surface area (Å²) in [7, 11) is 0. The summed E-state index contributed by atoms with van der Waals surface area (Å²) < 4.78 is 35.2. The number of ether oxygens (including phenoxy) is 1. The number of likely N-dealkylation sites (tertiary alicyclic amines) is 2. The highest BCUT2D eigenvalue weighted by Crippen LogP contribution is 2.51. The van der Waals surface area contributed by atoms with Gasteiger partial charge in [0.25, 0.3) is 0 Å². The lowest BCUT2D eigenvalue weighted by atomic mass is 9.84. The Labute approximate surface area is 236 Å². The molecule has 3 aliphatic rings. The van der Waals surface area contributed by atoms with Gasteiger partial charge in [0.2, 0.25) is 5.91 Å². The summed E-state index contributed by atoms with van der Waals surface area (Å²) >= 11 is 6.43. The first-order chi connectivity index (χ1) is 19.0. The van der Waals surface area contributed by atoms with Crippen LogP contribution in [0.3, 0.4) is 0 Å². The van der Waals surface area contributed by atoms with Crippen LogP contribution in [0.15, 0.2) is 24.3 Å². The van der Waals surface area contributed by atoms with E-state index in [0.29, 0.717) is 61.1 Å². The van der Waals surface area contributed by atoms with Gasteiger partial charge in [-0.2, -0.15) is 0 Å². The standard InChI is InChI=1S/C28H32ClF2N7O2/c1-15-21(29)12-18-23(25-33-35-36-34-25)40-28(24(18)32-15)7-9-37(10-8-28)26(39)20-14-38(27(2,3)4)13-19(20)17-6-5-16(30)11-22(17)31/h5-6,11-12,19-20,23H,7-10,13-14H2,1-4H3,(H,33,34,35,36)/t19-,20+,23?/m0/s1. The number of aryl methyl sites for hydroxylation is 1. The van der Waals surface area contributed by atoms with Gasteiger partial charge in [0.15, 0.2) is 5.82 Å². The number of pyridine rings is 1. The third kappa shape index (κ3) is 4.57. The van der Waals surface area contributed by atoms with Crippen LogP contribution in [0.4, 0.5) is 8.78 Å². The highest BCUT2D eigenvalue weighted by molar-refractivity contribution is 6.31. The molecule has 3 aliphatic heterocycles. The molecule has 1 unspecified atom stereocenters. The Hall–Kier alpha value is -3.02. The fourth-order valence-corrected chi connectivity index (χ4v) is 6.54. The number of rotatable bonds is 3. The molecular weight excluding hydrogens is 540 g/mol. The maximum atomic E-state index is 14.9. The molecule has 9 nitrogen and oxygen atoms in total. The minimum atomic E-state index is -0.714. The van der Waals surface area contributed by atoms with Gasteiger partial charge >= 0.3 is 0 Å². The van der Waals surface area contributed by atoms with E-state index in [1.54, 1.807) is 0 Å². The molecule has 3 atom stereocenters. The number of nitrogens with one attached hydrogen (secondary N) is 1. The van der Waals surface area contributed by atoms with E-state index in [1.165, 1.54) is 12.1 Å². The van der Waals surface area contributed by atoms with Crippen molar-refractivity contribution in [3.8, 4) is 0 Å². The molecule has 0 bridgehead atoms. The smallest absolute Gasteiger partial charge is 0.227 e. The summed E-state index contributed by atoms with van der Waals surface area (Å²) in [5.41, 5.74) is 1.79. The van der Waals surface area contributed by atoms with Gasteiger partial charge in [-0.3, -0.25) is 14.7 Å². The summed E-state index contributed by atoms with van der Waals surface area (Å²) in [6, 6.07) is 5.51. The topological polar surface area (TPSA) is 100 Å². The van der Waals surface area contributed by atoms with Gasteiger partial charge < -0.3 is 9.64 Å². The van der Waals surface area contributed by atoms with Gasteiger partial charge in [-0.25, -0.2) is 13.9 Å². The van der Waals surface area contributed by atoms with E-state index in [0.717, 1.165) is 17.3 Å². The Balaban J connectivity index is 1.26. The maximum Gasteiger partial charge on any atom is 0.227 e. The third-order valence-electron chi connectivity index (χ3n) is 8.68. The fourth-order valence-electron chi connectivity index (χ4n) is 6.38. The van der Waals surface area contributed by atoms with Crippen LogP contribution in [0.25, 0.3) is 0 Å².